The SMILES string of the molecule is CCc1cc(-c2nnnn2C(C)CC(=O)O)n(C)n1. The molecule has 2 aromatic heterocycles. The molecule has 19 heavy (non-hydrogen) atoms. The van der Waals surface area contributed by atoms with Crippen LogP contribution in [0.5, 0.6) is 0 Å². The summed E-state index contributed by atoms with van der Waals surface area (Å²) in [6.07, 6.45) is 0.788. The smallest absolute Gasteiger partial charge is 0.305 e. The van der Waals surface area contributed by atoms with E-state index < -0.39 is 5.97 Å². The topological polar surface area (TPSA) is 98.7 Å². The molecule has 2 rings (SSSR count). The molecule has 0 amide bonds. The zero-order valence-corrected chi connectivity index (χ0v) is 11.1. The van der Waals surface area contributed by atoms with Crippen molar-refractivity contribution in [3.8, 4) is 11.5 Å². The lowest BCUT2D eigenvalue weighted by atomic mass is 10.2. The van der Waals surface area contributed by atoms with Gasteiger partial charge in [0, 0.05) is 7.05 Å². The Kier molecular flexibility index (Phi) is 3.59. The first kappa shape index (κ1) is 13.2. The number of rotatable bonds is 5. The Hall–Kier alpha value is -2.25. The van der Waals surface area contributed by atoms with E-state index >= 15 is 0 Å². The van der Waals surface area contributed by atoms with Crippen LogP contribution in [-0.4, -0.2) is 41.1 Å². The lowest BCUT2D eigenvalue weighted by molar-refractivity contribution is -0.137. The lowest BCUT2D eigenvalue weighted by Gasteiger charge is -2.10. The number of nitrogens with zero attached hydrogens (tertiary/aromatic N) is 6. The summed E-state index contributed by atoms with van der Waals surface area (Å²) in [5, 5.41) is 24.7. The third-order valence-corrected chi connectivity index (χ3v) is 2.90. The molecule has 0 saturated heterocycles. The van der Waals surface area contributed by atoms with Gasteiger partial charge in [-0.15, -0.1) is 5.10 Å². The monoisotopic (exact) mass is 264 g/mol. The number of hydrogen-bond acceptors (Lipinski definition) is 5. The van der Waals surface area contributed by atoms with Gasteiger partial charge in [-0.1, -0.05) is 6.92 Å². The van der Waals surface area contributed by atoms with Gasteiger partial charge >= 0.3 is 5.97 Å². The van der Waals surface area contributed by atoms with Crippen LogP contribution < -0.4 is 0 Å². The van der Waals surface area contributed by atoms with Crippen molar-refractivity contribution in [2.45, 2.75) is 32.7 Å². The summed E-state index contributed by atoms with van der Waals surface area (Å²) in [5.41, 5.74) is 1.72. The van der Waals surface area contributed by atoms with Crippen LogP contribution in [0.15, 0.2) is 6.07 Å². The van der Waals surface area contributed by atoms with Gasteiger partial charge in [0.25, 0.3) is 0 Å². The molecule has 8 heteroatoms. The summed E-state index contributed by atoms with van der Waals surface area (Å²) in [6, 6.07) is 1.60. The quantitative estimate of drug-likeness (QED) is 0.852. The Morgan fingerprint density at radius 2 is 2.26 bits per heavy atom. The summed E-state index contributed by atoms with van der Waals surface area (Å²) in [4.78, 5) is 10.8. The molecule has 0 bridgehead atoms. The Bertz CT molecular complexity index is 588. The number of carbonyl (C=O) groups is 1. The van der Waals surface area contributed by atoms with Crippen LogP contribution in [0.3, 0.4) is 0 Å². The molecule has 1 N–H and O–H groups in total. The lowest BCUT2D eigenvalue weighted by Crippen LogP contribution is -2.14. The van der Waals surface area contributed by atoms with E-state index in [1.807, 2.05) is 20.0 Å². The second-order valence-corrected chi connectivity index (χ2v) is 4.39. The van der Waals surface area contributed by atoms with Crippen LogP contribution in [0.25, 0.3) is 11.5 Å². The van der Waals surface area contributed by atoms with Gasteiger partial charge in [0.1, 0.15) is 5.69 Å². The van der Waals surface area contributed by atoms with Crippen LogP contribution in [0.1, 0.15) is 32.0 Å². The van der Waals surface area contributed by atoms with Gasteiger partial charge in [0.05, 0.1) is 18.2 Å². The zero-order chi connectivity index (χ0) is 14.0. The van der Waals surface area contributed by atoms with E-state index in [0.29, 0.717) is 5.82 Å². The fourth-order valence-corrected chi connectivity index (χ4v) is 1.91. The van der Waals surface area contributed by atoms with Gasteiger partial charge in [-0.2, -0.15) is 5.10 Å². The molecule has 0 spiro atoms. The first-order valence-electron chi connectivity index (χ1n) is 6.05. The van der Waals surface area contributed by atoms with Gasteiger partial charge in [-0.05, 0) is 29.8 Å². The van der Waals surface area contributed by atoms with Crippen LogP contribution in [0.2, 0.25) is 0 Å². The zero-order valence-electron chi connectivity index (χ0n) is 11.1. The Labute approximate surface area is 110 Å². The molecule has 8 nitrogen and oxygen atoms in total. The van der Waals surface area contributed by atoms with Crippen molar-refractivity contribution in [2.75, 3.05) is 0 Å². The van der Waals surface area contributed by atoms with Gasteiger partial charge in [-0.3, -0.25) is 9.48 Å². The number of aromatic nitrogens is 6. The molecule has 1 atom stereocenters. The van der Waals surface area contributed by atoms with Gasteiger partial charge in [0.2, 0.25) is 5.82 Å². The molecule has 0 aliphatic rings. The summed E-state index contributed by atoms with van der Waals surface area (Å²) >= 11 is 0. The van der Waals surface area contributed by atoms with Crippen molar-refractivity contribution in [1.29, 1.82) is 0 Å². The molecule has 0 aromatic carbocycles. The second kappa shape index (κ2) is 5.17. The third-order valence-electron chi connectivity index (χ3n) is 2.90. The second-order valence-electron chi connectivity index (χ2n) is 4.39. The number of aliphatic carboxylic acids is 1. The summed E-state index contributed by atoms with van der Waals surface area (Å²) in [6.45, 7) is 3.78. The predicted octanol–water partition coefficient (Wildman–Crippen LogP) is 0.672. The Morgan fingerprint density at radius 1 is 1.53 bits per heavy atom. The van der Waals surface area contributed by atoms with Crippen molar-refractivity contribution in [3.63, 3.8) is 0 Å². The third kappa shape index (κ3) is 2.61. The normalized spacial score (nSPS) is 12.6. The van der Waals surface area contributed by atoms with E-state index in [1.165, 1.54) is 4.68 Å². The molecule has 0 fully saturated rings. The fourth-order valence-electron chi connectivity index (χ4n) is 1.91. The molecular formula is C11H16N6O2. The van der Waals surface area contributed by atoms with Crippen molar-refractivity contribution in [3.05, 3.63) is 11.8 Å². The molecular weight excluding hydrogens is 248 g/mol. The molecule has 1 unspecified atom stereocenters. The summed E-state index contributed by atoms with van der Waals surface area (Å²) < 4.78 is 3.22. The highest BCUT2D eigenvalue weighted by molar-refractivity contribution is 5.67. The van der Waals surface area contributed by atoms with E-state index in [1.54, 1.807) is 11.6 Å². The molecule has 0 radical (unpaired) electrons. The summed E-state index contributed by atoms with van der Waals surface area (Å²) in [5.74, 6) is -0.350. The molecule has 0 aliphatic carbocycles. The van der Waals surface area contributed by atoms with Crippen LogP contribution in [-0.2, 0) is 18.3 Å². The average Bonchev–Trinajstić information content (AvgIpc) is 2.93. The van der Waals surface area contributed by atoms with Gasteiger partial charge in [-0.25, -0.2) is 4.68 Å². The largest absolute Gasteiger partial charge is 0.481 e. The predicted molar refractivity (Wildman–Crippen MR) is 66.4 cm³/mol. The minimum Gasteiger partial charge on any atom is -0.481 e. The van der Waals surface area contributed by atoms with E-state index in [-0.39, 0.29) is 12.5 Å². The fraction of sp³-hybridized carbons (Fsp3) is 0.545. The highest BCUT2D eigenvalue weighted by Crippen LogP contribution is 2.21. The van der Waals surface area contributed by atoms with Crippen LogP contribution in [0.4, 0.5) is 0 Å². The maximum Gasteiger partial charge on any atom is 0.305 e. The van der Waals surface area contributed by atoms with Crippen molar-refractivity contribution >= 4 is 5.97 Å². The molecule has 102 valence electrons. The highest BCUT2D eigenvalue weighted by atomic mass is 16.4. The number of tetrazole rings is 1. The highest BCUT2D eigenvalue weighted by Gasteiger charge is 2.19. The molecule has 0 saturated carbocycles. The van der Waals surface area contributed by atoms with E-state index in [2.05, 4.69) is 20.6 Å². The molecule has 2 aromatic rings. The van der Waals surface area contributed by atoms with Crippen molar-refractivity contribution in [1.82, 2.24) is 30.0 Å². The first-order valence-corrected chi connectivity index (χ1v) is 6.05. The minimum absolute atomic E-state index is 0.0312. The minimum atomic E-state index is -0.881. The van der Waals surface area contributed by atoms with Crippen molar-refractivity contribution < 1.29 is 9.90 Å². The van der Waals surface area contributed by atoms with E-state index in [9.17, 15) is 4.79 Å². The number of carboxylic acid groups (broad SMARTS) is 1. The number of hydrogen-bond donors (Lipinski definition) is 1. The number of carboxylic acids is 1. The Morgan fingerprint density at radius 3 is 2.84 bits per heavy atom. The maximum atomic E-state index is 10.8. The molecule has 2 heterocycles. The van der Waals surface area contributed by atoms with E-state index in [0.717, 1.165) is 17.8 Å². The Balaban J connectivity index is 2.38. The standard InChI is InChI=1S/C11H16N6O2/c1-4-8-6-9(16(3)13-8)11-12-14-15-17(11)7(2)5-10(18)19/h6-7H,4-5H2,1-3H3,(H,18,19). The van der Waals surface area contributed by atoms with Gasteiger partial charge in [0.15, 0.2) is 0 Å². The average molecular weight is 264 g/mol. The van der Waals surface area contributed by atoms with Crippen LogP contribution in [0, 0.1) is 0 Å². The van der Waals surface area contributed by atoms with Gasteiger partial charge < -0.3 is 5.11 Å². The maximum absolute atomic E-state index is 10.8. The number of aryl methyl sites for hydroxylation is 2. The van der Waals surface area contributed by atoms with Crippen molar-refractivity contribution in [2.24, 2.45) is 7.05 Å². The molecule has 0 aliphatic heterocycles. The van der Waals surface area contributed by atoms with Crippen LogP contribution >= 0.6 is 0 Å². The van der Waals surface area contributed by atoms with E-state index in [4.69, 9.17) is 5.11 Å². The first-order chi connectivity index (χ1) is 9.02. The summed E-state index contributed by atoms with van der Waals surface area (Å²) in [7, 11) is 1.81.